The molecule has 0 radical (unpaired) electrons. The number of methoxy groups -OCH3 is 1. The number of rotatable bonds is 2. The molecule has 0 bridgehead atoms. The van der Waals surface area contributed by atoms with Gasteiger partial charge in [0.15, 0.2) is 0 Å². The van der Waals surface area contributed by atoms with E-state index in [1.165, 1.54) is 12.0 Å². The predicted octanol–water partition coefficient (Wildman–Crippen LogP) is 1.27. The molecular formula is C13H13F3N2O3. The van der Waals surface area contributed by atoms with Gasteiger partial charge in [0.05, 0.1) is 7.11 Å². The Morgan fingerprint density at radius 1 is 1.38 bits per heavy atom. The van der Waals surface area contributed by atoms with Gasteiger partial charge in [-0.2, -0.15) is 0 Å². The number of nitrogens with one attached hydrogen (secondary N) is 1. The Kier molecular flexibility index (Phi) is 3.20. The van der Waals surface area contributed by atoms with Crippen LogP contribution in [0, 0.1) is 5.92 Å². The van der Waals surface area contributed by atoms with Crippen molar-refractivity contribution in [3.63, 3.8) is 0 Å². The molecule has 8 heteroatoms. The Hall–Kier alpha value is -1.96. The highest BCUT2D eigenvalue weighted by Crippen LogP contribution is 2.42. The van der Waals surface area contributed by atoms with E-state index in [9.17, 15) is 18.0 Å². The van der Waals surface area contributed by atoms with Crippen molar-refractivity contribution >= 4 is 5.91 Å². The lowest BCUT2D eigenvalue weighted by atomic mass is 9.92. The minimum absolute atomic E-state index is 0.230. The van der Waals surface area contributed by atoms with Crippen molar-refractivity contribution in [2.45, 2.75) is 6.36 Å². The Morgan fingerprint density at radius 2 is 2.14 bits per heavy atom. The fourth-order valence-electron chi connectivity index (χ4n) is 2.78. The van der Waals surface area contributed by atoms with Crippen LogP contribution in [0.2, 0.25) is 0 Å². The number of amides is 1. The van der Waals surface area contributed by atoms with E-state index in [4.69, 9.17) is 4.74 Å². The van der Waals surface area contributed by atoms with Gasteiger partial charge in [-0.05, 0) is 11.6 Å². The number of fused-ring (bicyclic) bond motifs is 2. The molecule has 1 unspecified atom stereocenters. The first kappa shape index (κ1) is 14.0. The minimum Gasteiger partial charge on any atom is -0.497 e. The van der Waals surface area contributed by atoms with Crippen LogP contribution >= 0.6 is 0 Å². The SMILES string of the molecule is COC1=CC2=C3CNCCN3C(=O)C2C(OC(F)(F)F)=C1. The minimum atomic E-state index is -4.85. The van der Waals surface area contributed by atoms with Crippen molar-refractivity contribution in [1.29, 1.82) is 0 Å². The normalized spacial score (nSPS) is 25.2. The summed E-state index contributed by atoms with van der Waals surface area (Å²) < 4.78 is 46.7. The summed E-state index contributed by atoms with van der Waals surface area (Å²) in [5.74, 6) is -1.64. The zero-order valence-electron chi connectivity index (χ0n) is 11.2. The van der Waals surface area contributed by atoms with E-state index in [0.717, 1.165) is 6.08 Å². The van der Waals surface area contributed by atoms with E-state index in [1.807, 2.05) is 0 Å². The molecule has 1 amide bonds. The van der Waals surface area contributed by atoms with Crippen LogP contribution < -0.4 is 5.32 Å². The summed E-state index contributed by atoms with van der Waals surface area (Å²) in [6.45, 7) is 1.48. The van der Waals surface area contributed by atoms with E-state index < -0.39 is 18.0 Å². The molecule has 0 aromatic heterocycles. The van der Waals surface area contributed by atoms with Crippen molar-refractivity contribution in [2.75, 3.05) is 26.7 Å². The molecule has 0 aromatic carbocycles. The highest BCUT2D eigenvalue weighted by Gasteiger charge is 2.47. The van der Waals surface area contributed by atoms with Gasteiger partial charge in [-0.15, -0.1) is 13.2 Å². The summed E-state index contributed by atoms with van der Waals surface area (Å²) in [5.41, 5.74) is 1.19. The van der Waals surface area contributed by atoms with Crippen molar-refractivity contribution < 1.29 is 27.4 Å². The first-order valence-electron chi connectivity index (χ1n) is 6.39. The number of carbonyl (C=O) groups excluding carboxylic acids is 1. The molecule has 3 rings (SSSR count). The first-order chi connectivity index (χ1) is 9.90. The quantitative estimate of drug-likeness (QED) is 0.834. The van der Waals surface area contributed by atoms with Crippen LogP contribution in [0.4, 0.5) is 13.2 Å². The number of nitrogens with zero attached hydrogens (tertiary/aromatic N) is 1. The number of alkyl halides is 3. The van der Waals surface area contributed by atoms with Crippen molar-refractivity contribution in [3.05, 3.63) is 34.9 Å². The van der Waals surface area contributed by atoms with Gasteiger partial charge in [-0.25, -0.2) is 0 Å². The van der Waals surface area contributed by atoms with Crippen molar-refractivity contribution in [3.8, 4) is 0 Å². The molecule has 1 fully saturated rings. The summed E-state index contributed by atoms with van der Waals surface area (Å²) in [4.78, 5) is 13.9. The molecule has 0 saturated carbocycles. The number of carbonyl (C=O) groups is 1. The molecule has 114 valence electrons. The number of hydrogen-bond donors (Lipinski definition) is 1. The largest absolute Gasteiger partial charge is 0.572 e. The average Bonchev–Trinajstić information content (AvgIpc) is 2.71. The molecule has 0 spiro atoms. The van der Waals surface area contributed by atoms with E-state index in [0.29, 0.717) is 30.9 Å². The highest BCUT2D eigenvalue weighted by molar-refractivity contribution is 5.91. The maximum absolute atomic E-state index is 12.5. The molecule has 1 aliphatic carbocycles. The van der Waals surface area contributed by atoms with Gasteiger partial charge in [-0.3, -0.25) is 4.79 Å². The number of piperazine rings is 1. The third-order valence-electron chi connectivity index (χ3n) is 3.62. The molecule has 21 heavy (non-hydrogen) atoms. The van der Waals surface area contributed by atoms with E-state index in [1.54, 1.807) is 6.08 Å². The zero-order chi connectivity index (χ0) is 15.2. The van der Waals surface area contributed by atoms with Crippen LogP contribution in [0.1, 0.15) is 0 Å². The molecule has 3 aliphatic rings. The van der Waals surface area contributed by atoms with Crippen LogP contribution in [0.15, 0.2) is 34.9 Å². The number of halogens is 3. The van der Waals surface area contributed by atoms with Gasteiger partial charge >= 0.3 is 6.36 Å². The van der Waals surface area contributed by atoms with Crippen molar-refractivity contribution in [2.24, 2.45) is 5.92 Å². The first-order valence-corrected chi connectivity index (χ1v) is 6.39. The lowest BCUT2D eigenvalue weighted by Crippen LogP contribution is -2.43. The van der Waals surface area contributed by atoms with E-state index >= 15 is 0 Å². The maximum Gasteiger partial charge on any atom is 0.572 e. The zero-order valence-corrected chi connectivity index (χ0v) is 11.2. The molecule has 1 N–H and O–H groups in total. The Balaban J connectivity index is 2.03. The summed E-state index contributed by atoms with van der Waals surface area (Å²) in [7, 11) is 1.35. The lowest BCUT2D eigenvalue weighted by molar-refractivity contribution is -0.307. The summed E-state index contributed by atoms with van der Waals surface area (Å²) in [6, 6.07) is 0. The Morgan fingerprint density at radius 3 is 2.81 bits per heavy atom. The van der Waals surface area contributed by atoms with Gasteiger partial charge in [-0.1, -0.05) is 0 Å². The fraction of sp³-hybridized carbons (Fsp3) is 0.462. The second-order valence-corrected chi connectivity index (χ2v) is 4.85. The molecule has 1 saturated heterocycles. The van der Waals surface area contributed by atoms with Gasteiger partial charge < -0.3 is 19.7 Å². The van der Waals surface area contributed by atoms with Crippen LogP contribution in [-0.2, 0) is 14.3 Å². The summed E-state index contributed by atoms with van der Waals surface area (Å²) in [6.07, 6.45) is -2.14. The Labute approximate surface area is 118 Å². The topological polar surface area (TPSA) is 50.8 Å². The smallest absolute Gasteiger partial charge is 0.497 e. The molecular weight excluding hydrogens is 289 g/mol. The van der Waals surface area contributed by atoms with Crippen molar-refractivity contribution in [1.82, 2.24) is 10.2 Å². The molecule has 2 heterocycles. The third kappa shape index (κ3) is 2.39. The van der Waals surface area contributed by atoms with Gasteiger partial charge in [0.2, 0.25) is 5.91 Å². The molecule has 2 aliphatic heterocycles. The summed E-state index contributed by atoms with van der Waals surface area (Å²) >= 11 is 0. The monoisotopic (exact) mass is 302 g/mol. The van der Waals surface area contributed by atoms with Crippen LogP contribution in [0.25, 0.3) is 0 Å². The second-order valence-electron chi connectivity index (χ2n) is 4.85. The standard InChI is InChI=1S/C13H13F3N2O3/c1-20-7-4-8-9-6-17-2-3-18(9)12(19)11(8)10(5-7)21-13(14,15)16/h4-5,11,17H,2-3,6H2,1H3. The second kappa shape index (κ2) is 4.80. The highest BCUT2D eigenvalue weighted by atomic mass is 19.4. The third-order valence-corrected chi connectivity index (χ3v) is 3.62. The predicted molar refractivity (Wildman–Crippen MR) is 65.4 cm³/mol. The lowest BCUT2D eigenvalue weighted by Gasteiger charge is -2.26. The molecule has 0 aromatic rings. The fourth-order valence-corrected chi connectivity index (χ4v) is 2.78. The summed E-state index contributed by atoms with van der Waals surface area (Å²) in [5, 5.41) is 3.10. The maximum atomic E-state index is 12.5. The number of ether oxygens (including phenoxy) is 2. The molecule has 1 atom stereocenters. The Bertz CT molecular complexity index is 578. The van der Waals surface area contributed by atoms with E-state index in [-0.39, 0.29) is 11.7 Å². The van der Waals surface area contributed by atoms with Crippen LogP contribution in [0.5, 0.6) is 0 Å². The number of allylic oxidation sites excluding steroid dienone is 2. The van der Waals surface area contributed by atoms with Crippen LogP contribution in [0.3, 0.4) is 0 Å². The van der Waals surface area contributed by atoms with Gasteiger partial charge in [0, 0.05) is 31.4 Å². The van der Waals surface area contributed by atoms with Crippen LogP contribution in [-0.4, -0.2) is 43.9 Å². The van der Waals surface area contributed by atoms with Gasteiger partial charge in [0.1, 0.15) is 17.4 Å². The van der Waals surface area contributed by atoms with E-state index in [2.05, 4.69) is 10.1 Å². The molecule has 5 nitrogen and oxygen atoms in total. The number of hydrogen-bond acceptors (Lipinski definition) is 4. The average molecular weight is 302 g/mol. The van der Waals surface area contributed by atoms with Gasteiger partial charge in [0.25, 0.3) is 0 Å².